The van der Waals surface area contributed by atoms with E-state index in [0.717, 1.165) is 5.69 Å². The number of halogens is 1. The van der Waals surface area contributed by atoms with E-state index in [1.165, 1.54) is 30.5 Å². The Hall–Kier alpha value is -0.190. The number of aromatic nitrogens is 1. The molecule has 3 heteroatoms. The molecule has 2 N–H and O–H groups in total. The van der Waals surface area contributed by atoms with Crippen molar-refractivity contribution in [1.82, 2.24) is 2.78 Å². The average molecular weight is 248 g/mol. The minimum atomic E-state index is 0.974. The molecular weight excluding hydrogens is 239 g/mol. The summed E-state index contributed by atoms with van der Waals surface area (Å²) in [4.78, 5) is 0. The molecule has 0 amide bonds. The summed E-state index contributed by atoms with van der Waals surface area (Å²) in [6.45, 7) is 0. The van der Waals surface area contributed by atoms with E-state index in [4.69, 9.17) is 5.73 Å². The van der Waals surface area contributed by atoms with Gasteiger partial charge in [0.2, 0.25) is 0 Å². The van der Waals surface area contributed by atoms with Gasteiger partial charge in [-0.3, -0.25) is 2.78 Å². The normalized spacial score (nSPS) is 15.7. The summed E-state index contributed by atoms with van der Waals surface area (Å²) in [6, 6.07) is 0. The molecule has 0 fully saturated rings. The lowest BCUT2D eigenvalue weighted by atomic mass is 10.2. The summed E-state index contributed by atoms with van der Waals surface area (Å²) < 4.78 is 2.12. The topological polar surface area (TPSA) is 30.9 Å². The summed E-state index contributed by atoms with van der Waals surface area (Å²) in [7, 11) is 0. The largest absolute Gasteiger partial charge is 0.397 e. The first-order chi connectivity index (χ1) is 4.79. The van der Waals surface area contributed by atoms with E-state index in [9.17, 15) is 0 Å². The van der Waals surface area contributed by atoms with Crippen molar-refractivity contribution in [3.63, 3.8) is 0 Å². The molecule has 0 spiro atoms. The van der Waals surface area contributed by atoms with Crippen molar-refractivity contribution in [3.8, 4) is 0 Å². The fourth-order valence-electron chi connectivity index (χ4n) is 1.55. The highest BCUT2D eigenvalue weighted by molar-refractivity contribution is 14.1. The minimum Gasteiger partial charge on any atom is -0.397 e. The summed E-state index contributed by atoms with van der Waals surface area (Å²) in [5.41, 5.74) is 9.55. The zero-order chi connectivity index (χ0) is 7.14. The maximum absolute atomic E-state index is 5.77. The van der Waals surface area contributed by atoms with Crippen molar-refractivity contribution in [2.24, 2.45) is 0 Å². The highest BCUT2D eigenvalue weighted by atomic mass is 127. The predicted molar refractivity (Wildman–Crippen MR) is 50.3 cm³/mol. The minimum absolute atomic E-state index is 0.974. The van der Waals surface area contributed by atoms with Crippen LogP contribution in [-0.2, 0) is 12.8 Å². The van der Waals surface area contributed by atoms with Gasteiger partial charge < -0.3 is 5.73 Å². The Bertz CT molecular complexity index is 240. The van der Waals surface area contributed by atoms with Crippen LogP contribution in [0.5, 0.6) is 0 Å². The highest BCUT2D eigenvalue weighted by Crippen LogP contribution is 2.30. The number of nitrogen functional groups attached to an aromatic ring is 1. The maximum Gasteiger partial charge on any atom is 0.0637 e. The monoisotopic (exact) mass is 248 g/mol. The molecule has 0 atom stereocenters. The molecule has 0 unspecified atom stereocenters. The Morgan fingerprint density at radius 3 is 3.00 bits per heavy atom. The van der Waals surface area contributed by atoms with Crippen LogP contribution < -0.4 is 5.73 Å². The Balaban J connectivity index is 2.61. The van der Waals surface area contributed by atoms with E-state index in [1.807, 2.05) is 6.20 Å². The van der Waals surface area contributed by atoms with Gasteiger partial charge in [-0.15, -0.1) is 0 Å². The van der Waals surface area contributed by atoms with Crippen LogP contribution in [0.25, 0.3) is 0 Å². The van der Waals surface area contributed by atoms with Crippen molar-refractivity contribution in [2.75, 3.05) is 5.73 Å². The third-order valence-electron chi connectivity index (χ3n) is 2.05. The lowest BCUT2D eigenvalue weighted by molar-refractivity contribution is 0.891. The molecule has 0 radical (unpaired) electrons. The number of rotatable bonds is 0. The number of anilines is 1. The van der Waals surface area contributed by atoms with Crippen molar-refractivity contribution in [2.45, 2.75) is 19.3 Å². The van der Waals surface area contributed by atoms with E-state index >= 15 is 0 Å². The molecule has 1 aromatic rings. The van der Waals surface area contributed by atoms with Crippen molar-refractivity contribution in [1.29, 1.82) is 0 Å². The first-order valence-electron chi connectivity index (χ1n) is 3.44. The van der Waals surface area contributed by atoms with Crippen molar-refractivity contribution in [3.05, 3.63) is 17.5 Å². The lowest BCUT2D eigenvalue weighted by Crippen LogP contribution is -1.85. The summed E-state index contributed by atoms with van der Waals surface area (Å²) >= 11 is 2.28. The van der Waals surface area contributed by atoms with E-state index in [-0.39, 0.29) is 0 Å². The van der Waals surface area contributed by atoms with Gasteiger partial charge in [-0.2, -0.15) is 0 Å². The van der Waals surface area contributed by atoms with Crippen LogP contribution in [-0.4, -0.2) is 2.78 Å². The second-order valence-corrected chi connectivity index (χ2v) is 3.71. The van der Waals surface area contributed by atoms with Gasteiger partial charge in [-0.05, 0) is 24.8 Å². The zero-order valence-corrected chi connectivity index (χ0v) is 7.76. The van der Waals surface area contributed by atoms with E-state index in [2.05, 4.69) is 25.6 Å². The van der Waals surface area contributed by atoms with Crippen LogP contribution in [0.15, 0.2) is 6.20 Å². The third kappa shape index (κ3) is 0.761. The van der Waals surface area contributed by atoms with Gasteiger partial charge in [-0.25, -0.2) is 0 Å². The van der Waals surface area contributed by atoms with Gasteiger partial charge in [0.05, 0.1) is 28.6 Å². The standard InChI is InChI=1S/C7H9IN2/c8-10-4-6(9)5-2-1-3-7(5)10/h4H,1-3,9H2. The molecule has 54 valence electrons. The Morgan fingerprint density at radius 1 is 1.50 bits per heavy atom. The van der Waals surface area contributed by atoms with Crippen molar-refractivity contribution < 1.29 is 0 Å². The average Bonchev–Trinajstić information content (AvgIpc) is 2.39. The number of hydrogen-bond donors (Lipinski definition) is 1. The summed E-state index contributed by atoms with van der Waals surface area (Å²) in [5, 5.41) is 0. The molecule has 1 aliphatic carbocycles. The summed E-state index contributed by atoms with van der Waals surface area (Å²) in [5.74, 6) is 0. The molecule has 1 aliphatic rings. The Labute approximate surface area is 73.9 Å². The predicted octanol–water partition coefficient (Wildman–Crippen LogP) is 1.76. The molecular formula is C7H9IN2. The Morgan fingerprint density at radius 2 is 2.30 bits per heavy atom. The van der Waals surface area contributed by atoms with Gasteiger partial charge in [0.15, 0.2) is 0 Å². The molecule has 1 heterocycles. The Kier molecular flexibility index (Phi) is 1.40. The van der Waals surface area contributed by atoms with Crippen molar-refractivity contribution >= 4 is 28.6 Å². The van der Waals surface area contributed by atoms with Gasteiger partial charge in [0, 0.05) is 11.9 Å². The molecule has 0 aromatic carbocycles. The molecule has 2 nitrogen and oxygen atoms in total. The fourth-order valence-corrected chi connectivity index (χ4v) is 2.38. The SMILES string of the molecule is Nc1cn(I)c2c1CCC2. The van der Waals surface area contributed by atoms with Crippen LogP contribution in [0.1, 0.15) is 17.7 Å². The van der Waals surface area contributed by atoms with Crippen LogP contribution in [0, 0.1) is 0 Å². The van der Waals surface area contributed by atoms with Gasteiger partial charge >= 0.3 is 0 Å². The van der Waals surface area contributed by atoms with Crippen LogP contribution in [0.3, 0.4) is 0 Å². The van der Waals surface area contributed by atoms with Gasteiger partial charge in [0.1, 0.15) is 0 Å². The number of hydrogen-bond acceptors (Lipinski definition) is 1. The van der Waals surface area contributed by atoms with Gasteiger partial charge in [-0.1, -0.05) is 0 Å². The number of nitrogens with two attached hydrogens (primary N) is 1. The first kappa shape index (κ1) is 6.52. The van der Waals surface area contributed by atoms with E-state index in [1.54, 1.807) is 0 Å². The molecule has 0 bridgehead atoms. The first-order valence-corrected chi connectivity index (χ1v) is 4.40. The number of fused-ring (bicyclic) bond motifs is 1. The van der Waals surface area contributed by atoms with E-state index in [0.29, 0.717) is 0 Å². The van der Waals surface area contributed by atoms with Crippen LogP contribution in [0.4, 0.5) is 5.69 Å². The van der Waals surface area contributed by atoms with Crippen LogP contribution in [0.2, 0.25) is 0 Å². The molecule has 2 rings (SSSR count). The lowest BCUT2D eigenvalue weighted by Gasteiger charge is -1.91. The van der Waals surface area contributed by atoms with E-state index < -0.39 is 0 Å². The maximum atomic E-state index is 5.77. The quantitative estimate of drug-likeness (QED) is 0.697. The second-order valence-electron chi connectivity index (χ2n) is 2.67. The highest BCUT2D eigenvalue weighted by Gasteiger charge is 2.17. The third-order valence-corrected chi connectivity index (χ3v) is 2.91. The van der Waals surface area contributed by atoms with Crippen LogP contribution >= 0.6 is 22.9 Å². The molecule has 10 heavy (non-hydrogen) atoms. The molecule has 0 saturated heterocycles. The smallest absolute Gasteiger partial charge is 0.0637 e. The van der Waals surface area contributed by atoms with Gasteiger partial charge in [0.25, 0.3) is 0 Å². The zero-order valence-electron chi connectivity index (χ0n) is 5.60. The second kappa shape index (κ2) is 2.15. The number of nitrogens with zero attached hydrogens (tertiary/aromatic N) is 1. The summed E-state index contributed by atoms with van der Waals surface area (Å²) in [6.07, 6.45) is 5.66. The molecule has 0 saturated carbocycles. The fraction of sp³-hybridized carbons (Fsp3) is 0.429. The molecule has 0 aliphatic heterocycles. The molecule has 1 aromatic heterocycles.